The third-order valence-electron chi connectivity index (χ3n) is 4.06. The second kappa shape index (κ2) is 9.57. The summed E-state index contributed by atoms with van der Waals surface area (Å²) in [6, 6.07) is 9.68. The van der Waals surface area contributed by atoms with Crippen LogP contribution in [0.4, 0.5) is 0 Å². The first kappa shape index (κ1) is 22.2. The number of cyclic esters (lactones) is 1. The Morgan fingerprint density at radius 2 is 1.84 bits per heavy atom. The first-order valence-electron chi connectivity index (χ1n) is 9.20. The lowest BCUT2D eigenvalue weighted by Crippen LogP contribution is -2.07. The largest absolute Gasteiger partial charge is 0.493 e. The molecule has 0 saturated heterocycles. The van der Waals surface area contributed by atoms with Gasteiger partial charge in [-0.3, -0.25) is 9.59 Å². The van der Waals surface area contributed by atoms with Crippen LogP contribution in [-0.4, -0.2) is 30.9 Å². The monoisotopic (exact) mass is 487 g/mol. The molecule has 0 saturated carbocycles. The van der Waals surface area contributed by atoms with E-state index in [-0.39, 0.29) is 29.5 Å². The molecule has 0 bridgehead atoms. The van der Waals surface area contributed by atoms with Gasteiger partial charge in [0.2, 0.25) is 5.90 Å². The molecular weight excluding hydrogens is 470 g/mol. The zero-order valence-corrected chi connectivity index (χ0v) is 18.5. The normalized spacial score (nSPS) is 14.1. The lowest BCUT2D eigenvalue weighted by molar-refractivity contribution is -0.134. The molecule has 0 radical (unpaired) electrons. The zero-order chi connectivity index (χ0) is 22.5. The Kier molecular flexibility index (Phi) is 6.86. The molecule has 0 atom stereocenters. The molecule has 0 spiro atoms. The van der Waals surface area contributed by atoms with Crippen LogP contribution in [0.2, 0.25) is 0 Å². The maximum atomic E-state index is 12.4. The van der Waals surface area contributed by atoms with Gasteiger partial charge in [0.1, 0.15) is 5.75 Å². The minimum atomic E-state index is -0.661. The predicted octanol–water partition coefficient (Wildman–Crippen LogP) is 4.04. The molecule has 0 fully saturated rings. The van der Waals surface area contributed by atoms with Gasteiger partial charge in [0.25, 0.3) is 0 Å². The van der Waals surface area contributed by atoms with Crippen molar-refractivity contribution in [2.45, 2.75) is 20.3 Å². The Labute approximate surface area is 186 Å². The Balaban J connectivity index is 1.96. The smallest absolute Gasteiger partial charge is 0.363 e. The van der Waals surface area contributed by atoms with E-state index in [9.17, 15) is 14.4 Å². The number of carbonyl (C=O) groups is 3. The topological polar surface area (TPSA) is 100 Å². The molecule has 1 aliphatic rings. The number of hydrogen-bond donors (Lipinski definition) is 0. The van der Waals surface area contributed by atoms with Gasteiger partial charge in [0.15, 0.2) is 17.2 Å². The van der Waals surface area contributed by atoms with Crippen molar-refractivity contribution < 1.29 is 33.3 Å². The van der Waals surface area contributed by atoms with Crippen LogP contribution < -0.4 is 14.2 Å². The quantitative estimate of drug-likeness (QED) is 0.344. The fraction of sp³-hybridized carbons (Fsp3) is 0.182. The first-order valence-corrected chi connectivity index (χ1v) is 9.99. The van der Waals surface area contributed by atoms with Gasteiger partial charge in [0, 0.05) is 28.9 Å². The molecule has 2 aromatic rings. The number of nitrogens with zero attached hydrogens (tertiary/aromatic N) is 1. The second-order valence-electron chi connectivity index (χ2n) is 6.31. The molecule has 2 aromatic carbocycles. The molecule has 0 amide bonds. The van der Waals surface area contributed by atoms with Crippen molar-refractivity contribution in [1.82, 2.24) is 0 Å². The predicted molar refractivity (Wildman–Crippen MR) is 115 cm³/mol. The number of carbonyl (C=O) groups excluding carboxylic acids is 3. The SMILES string of the molecule is CCC(=O)Oc1ccc(Br)cc1/C=C1\N=C(c2ccc(OC(C)=O)c(OC)c2)OC1=O. The van der Waals surface area contributed by atoms with E-state index >= 15 is 0 Å². The summed E-state index contributed by atoms with van der Waals surface area (Å²) in [5.74, 6) is -0.682. The summed E-state index contributed by atoms with van der Waals surface area (Å²) in [7, 11) is 1.42. The standard InChI is InChI=1S/C22H18BrNO7/c1-4-20(26)30-17-8-6-15(23)9-14(17)10-16-22(27)31-21(24-16)13-5-7-18(29-12(2)25)19(11-13)28-3/h5-11H,4H2,1-3H3/b16-10-. The van der Waals surface area contributed by atoms with Crippen molar-refractivity contribution >= 4 is 45.8 Å². The number of hydrogen-bond acceptors (Lipinski definition) is 8. The van der Waals surface area contributed by atoms with Crippen molar-refractivity contribution in [3.05, 3.63) is 57.7 Å². The average Bonchev–Trinajstić information content (AvgIpc) is 3.10. The summed E-state index contributed by atoms with van der Waals surface area (Å²) in [6.45, 7) is 2.96. The fourth-order valence-corrected chi connectivity index (χ4v) is 3.02. The number of esters is 3. The highest BCUT2D eigenvalue weighted by Gasteiger charge is 2.26. The number of aliphatic imine (C=N–C) groups is 1. The number of ether oxygens (including phenoxy) is 4. The second-order valence-corrected chi connectivity index (χ2v) is 7.22. The van der Waals surface area contributed by atoms with Crippen LogP contribution >= 0.6 is 15.9 Å². The van der Waals surface area contributed by atoms with E-state index in [1.807, 2.05) is 0 Å². The minimum Gasteiger partial charge on any atom is -0.493 e. The van der Waals surface area contributed by atoms with Gasteiger partial charge in [-0.05, 0) is 42.5 Å². The molecule has 3 rings (SSSR count). The van der Waals surface area contributed by atoms with Gasteiger partial charge in [-0.2, -0.15) is 0 Å². The first-order chi connectivity index (χ1) is 14.8. The van der Waals surface area contributed by atoms with Crippen LogP contribution in [0.3, 0.4) is 0 Å². The van der Waals surface area contributed by atoms with E-state index < -0.39 is 17.9 Å². The van der Waals surface area contributed by atoms with Crippen LogP contribution in [0.5, 0.6) is 17.2 Å². The van der Waals surface area contributed by atoms with Crippen LogP contribution in [0.1, 0.15) is 31.4 Å². The van der Waals surface area contributed by atoms with Crippen molar-refractivity contribution in [2.24, 2.45) is 4.99 Å². The Morgan fingerprint density at radius 1 is 1.10 bits per heavy atom. The Bertz CT molecular complexity index is 1120. The molecule has 0 aliphatic carbocycles. The molecule has 1 aliphatic heterocycles. The zero-order valence-electron chi connectivity index (χ0n) is 16.9. The Morgan fingerprint density at radius 3 is 2.52 bits per heavy atom. The van der Waals surface area contributed by atoms with E-state index in [0.29, 0.717) is 16.9 Å². The highest BCUT2D eigenvalue weighted by molar-refractivity contribution is 9.10. The average molecular weight is 488 g/mol. The molecule has 0 aromatic heterocycles. The fourth-order valence-electron chi connectivity index (χ4n) is 2.64. The van der Waals surface area contributed by atoms with E-state index in [1.165, 1.54) is 26.2 Å². The number of methoxy groups -OCH3 is 1. The summed E-state index contributed by atoms with van der Waals surface area (Å²) >= 11 is 3.36. The van der Waals surface area contributed by atoms with Crippen LogP contribution in [0.25, 0.3) is 6.08 Å². The molecular formula is C22H18BrNO7. The van der Waals surface area contributed by atoms with Gasteiger partial charge in [-0.15, -0.1) is 0 Å². The number of rotatable bonds is 6. The van der Waals surface area contributed by atoms with Crippen LogP contribution in [0, 0.1) is 0 Å². The molecule has 0 unspecified atom stereocenters. The molecule has 0 N–H and O–H groups in total. The van der Waals surface area contributed by atoms with Crippen LogP contribution in [0.15, 0.2) is 51.6 Å². The maximum absolute atomic E-state index is 12.4. The van der Waals surface area contributed by atoms with E-state index in [1.54, 1.807) is 37.3 Å². The number of halogens is 1. The molecule has 31 heavy (non-hydrogen) atoms. The van der Waals surface area contributed by atoms with E-state index in [0.717, 1.165) is 4.47 Å². The van der Waals surface area contributed by atoms with Crippen molar-refractivity contribution in [2.75, 3.05) is 7.11 Å². The highest BCUT2D eigenvalue weighted by Crippen LogP contribution is 2.31. The summed E-state index contributed by atoms with van der Waals surface area (Å²) in [6.07, 6.45) is 1.68. The van der Waals surface area contributed by atoms with Crippen molar-refractivity contribution in [1.29, 1.82) is 0 Å². The van der Waals surface area contributed by atoms with E-state index in [2.05, 4.69) is 20.9 Å². The van der Waals surface area contributed by atoms with Gasteiger partial charge in [-0.25, -0.2) is 9.79 Å². The third-order valence-corrected chi connectivity index (χ3v) is 4.55. The van der Waals surface area contributed by atoms with Crippen molar-refractivity contribution in [3.8, 4) is 17.2 Å². The van der Waals surface area contributed by atoms with Gasteiger partial charge in [-0.1, -0.05) is 22.9 Å². The third kappa shape index (κ3) is 5.37. The van der Waals surface area contributed by atoms with Crippen LogP contribution in [-0.2, 0) is 19.1 Å². The maximum Gasteiger partial charge on any atom is 0.363 e. The molecule has 1 heterocycles. The van der Waals surface area contributed by atoms with Crippen molar-refractivity contribution in [3.63, 3.8) is 0 Å². The summed E-state index contributed by atoms with van der Waals surface area (Å²) in [5, 5.41) is 0. The van der Waals surface area contributed by atoms with Gasteiger partial charge < -0.3 is 18.9 Å². The lowest BCUT2D eigenvalue weighted by atomic mass is 10.1. The van der Waals surface area contributed by atoms with Gasteiger partial charge in [0.05, 0.1) is 7.11 Å². The Hall–Kier alpha value is -3.46. The summed E-state index contributed by atoms with van der Waals surface area (Å²) < 4.78 is 21.6. The van der Waals surface area contributed by atoms with Gasteiger partial charge >= 0.3 is 17.9 Å². The molecule has 8 nitrogen and oxygen atoms in total. The highest BCUT2D eigenvalue weighted by atomic mass is 79.9. The lowest BCUT2D eigenvalue weighted by Gasteiger charge is -2.09. The molecule has 9 heteroatoms. The minimum absolute atomic E-state index is 0.0323. The molecule has 160 valence electrons. The number of benzene rings is 2. The summed E-state index contributed by atoms with van der Waals surface area (Å²) in [4.78, 5) is 39.5. The van der Waals surface area contributed by atoms with E-state index in [4.69, 9.17) is 18.9 Å². The summed E-state index contributed by atoms with van der Waals surface area (Å²) in [5.41, 5.74) is 0.970.